The van der Waals surface area contributed by atoms with E-state index in [-0.39, 0.29) is 0 Å². The maximum Gasteiger partial charge on any atom is 0.146 e. The van der Waals surface area contributed by atoms with Crippen LogP contribution in [0.1, 0.15) is 19.8 Å². The van der Waals surface area contributed by atoms with E-state index in [0.717, 1.165) is 23.4 Å². The van der Waals surface area contributed by atoms with Crippen LogP contribution >= 0.6 is 15.9 Å². The number of nitrogens with two attached hydrogens (primary N) is 1. The summed E-state index contributed by atoms with van der Waals surface area (Å²) in [6.07, 6.45) is 5.79. The minimum absolute atomic E-state index is 0.522. The molecule has 1 aliphatic heterocycles. The van der Waals surface area contributed by atoms with Crippen molar-refractivity contribution in [2.24, 2.45) is 11.7 Å². The van der Waals surface area contributed by atoms with Crippen LogP contribution in [-0.2, 0) is 0 Å². The number of anilines is 1. The molecular weight excluding hydrogens is 268 g/mol. The van der Waals surface area contributed by atoms with Crippen LogP contribution in [-0.4, -0.2) is 29.1 Å². The molecule has 2 unspecified atom stereocenters. The Bertz CT molecular complexity index is 358. The molecule has 0 spiro atoms. The smallest absolute Gasteiger partial charge is 0.146 e. The molecule has 4 nitrogen and oxygen atoms in total. The van der Waals surface area contributed by atoms with Gasteiger partial charge in [-0.3, -0.25) is 0 Å². The Morgan fingerprint density at radius 3 is 3.06 bits per heavy atom. The maximum atomic E-state index is 5.76. The fraction of sp³-hybridized carbons (Fsp3) is 0.636. The zero-order valence-corrected chi connectivity index (χ0v) is 11.0. The van der Waals surface area contributed by atoms with Gasteiger partial charge in [-0.05, 0) is 48.2 Å². The topological polar surface area (TPSA) is 55.0 Å². The summed E-state index contributed by atoms with van der Waals surface area (Å²) >= 11 is 3.50. The van der Waals surface area contributed by atoms with Crippen LogP contribution in [0.4, 0.5) is 5.82 Å². The zero-order valence-electron chi connectivity index (χ0n) is 9.43. The lowest BCUT2D eigenvalue weighted by molar-refractivity contribution is 0.371. The van der Waals surface area contributed by atoms with Gasteiger partial charge in [-0.15, -0.1) is 0 Å². The molecule has 1 saturated heterocycles. The van der Waals surface area contributed by atoms with E-state index in [1.807, 2.05) is 0 Å². The number of hydrogen-bond acceptors (Lipinski definition) is 4. The Balaban J connectivity index is 2.21. The second-order valence-corrected chi connectivity index (χ2v) is 5.23. The van der Waals surface area contributed by atoms with Gasteiger partial charge in [0.15, 0.2) is 0 Å². The van der Waals surface area contributed by atoms with Crippen LogP contribution in [0.2, 0.25) is 0 Å². The normalized spacial score (nSPS) is 25.8. The van der Waals surface area contributed by atoms with Gasteiger partial charge in [-0.1, -0.05) is 0 Å². The minimum Gasteiger partial charge on any atom is -0.353 e. The highest BCUT2D eigenvalue weighted by Gasteiger charge is 2.26. The standard InChI is InChI=1S/C11H17BrN4/c1-8-2-3-9(4-13)6-16(8)11-10(12)5-14-7-15-11/h5,7-9H,2-4,6,13H2,1H3. The highest BCUT2D eigenvalue weighted by Crippen LogP contribution is 2.30. The molecular formula is C11H17BrN4. The Kier molecular flexibility index (Phi) is 3.76. The van der Waals surface area contributed by atoms with Crippen molar-refractivity contribution in [3.8, 4) is 0 Å². The summed E-state index contributed by atoms with van der Waals surface area (Å²) in [6.45, 7) is 3.99. The average Bonchev–Trinajstić information content (AvgIpc) is 2.31. The van der Waals surface area contributed by atoms with Crippen LogP contribution in [0, 0.1) is 5.92 Å². The van der Waals surface area contributed by atoms with Gasteiger partial charge in [0.1, 0.15) is 12.1 Å². The van der Waals surface area contributed by atoms with E-state index >= 15 is 0 Å². The first-order valence-electron chi connectivity index (χ1n) is 5.64. The fourth-order valence-electron chi connectivity index (χ4n) is 2.19. The van der Waals surface area contributed by atoms with E-state index in [1.54, 1.807) is 12.5 Å². The van der Waals surface area contributed by atoms with Gasteiger partial charge in [-0.2, -0.15) is 0 Å². The van der Waals surface area contributed by atoms with Crippen molar-refractivity contribution in [1.29, 1.82) is 0 Å². The van der Waals surface area contributed by atoms with Crippen molar-refractivity contribution in [2.75, 3.05) is 18.0 Å². The molecule has 2 N–H and O–H groups in total. The van der Waals surface area contributed by atoms with Crippen LogP contribution in [0.3, 0.4) is 0 Å². The molecule has 1 aromatic rings. The molecule has 0 aromatic carbocycles. The lowest BCUT2D eigenvalue weighted by atomic mass is 9.93. The first-order chi connectivity index (χ1) is 7.72. The molecule has 1 aromatic heterocycles. The van der Waals surface area contributed by atoms with Gasteiger partial charge in [-0.25, -0.2) is 9.97 Å². The van der Waals surface area contributed by atoms with E-state index in [0.29, 0.717) is 12.0 Å². The molecule has 2 atom stereocenters. The Labute approximate surface area is 104 Å². The molecule has 88 valence electrons. The number of piperidine rings is 1. The predicted molar refractivity (Wildman–Crippen MR) is 68.3 cm³/mol. The van der Waals surface area contributed by atoms with Gasteiger partial charge in [0.05, 0.1) is 4.47 Å². The predicted octanol–water partition coefficient (Wildman–Crippen LogP) is 1.80. The quantitative estimate of drug-likeness (QED) is 0.900. The second kappa shape index (κ2) is 5.10. The van der Waals surface area contributed by atoms with Crippen LogP contribution in [0.15, 0.2) is 17.0 Å². The van der Waals surface area contributed by atoms with Crippen molar-refractivity contribution in [2.45, 2.75) is 25.8 Å². The van der Waals surface area contributed by atoms with Crippen LogP contribution in [0.5, 0.6) is 0 Å². The van der Waals surface area contributed by atoms with E-state index in [9.17, 15) is 0 Å². The van der Waals surface area contributed by atoms with Crippen molar-refractivity contribution in [3.05, 3.63) is 17.0 Å². The largest absolute Gasteiger partial charge is 0.353 e. The first kappa shape index (κ1) is 11.8. The molecule has 2 rings (SSSR count). The van der Waals surface area contributed by atoms with Crippen LogP contribution in [0.25, 0.3) is 0 Å². The molecule has 1 fully saturated rings. The third kappa shape index (κ3) is 2.35. The molecule has 0 saturated carbocycles. The SMILES string of the molecule is CC1CCC(CN)CN1c1ncncc1Br. The number of aromatic nitrogens is 2. The summed E-state index contributed by atoms with van der Waals surface area (Å²) in [6, 6.07) is 0.522. The van der Waals surface area contributed by atoms with Crippen LogP contribution < -0.4 is 10.6 Å². The van der Waals surface area contributed by atoms with E-state index < -0.39 is 0 Å². The van der Waals surface area contributed by atoms with E-state index in [1.165, 1.54) is 12.8 Å². The van der Waals surface area contributed by atoms with Crippen molar-refractivity contribution < 1.29 is 0 Å². The third-order valence-electron chi connectivity index (χ3n) is 3.23. The van der Waals surface area contributed by atoms with Crippen molar-refractivity contribution in [1.82, 2.24) is 9.97 Å². The monoisotopic (exact) mass is 284 g/mol. The molecule has 5 heteroatoms. The van der Waals surface area contributed by atoms with Gasteiger partial charge < -0.3 is 10.6 Å². The maximum absolute atomic E-state index is 5.76. The molecule has 0 amide bonds. The summed E-state index contributed by atoms with van der Waals surface area (Å²) in [5, 5.41) is 0. The number of rotatable bonds is 2. The molecule has 0 radical (unpaired) electrons. The zero-order chi connectivity index (χ0) is 11.5. The molecule has 1 aliphatic rings. The number of nitrogens with zero attached hydrogens (tertiary/aromatic N) is 3. The highest BCUT2D eigenvalue weighted by molar-refractivity contribution is 9.10. The average molecular weight is 285 g/mol. The number of hydrogen-bond donors (Lipinski definition) is 1. The second-order valence-electron chi connectivity index (χ2n) is 4.37. The van der Waals surface area contributed by atoms with Crippen molar-refractivity contribution >= 4 is 21.7 Å². The van der Waals surface area contributed by atoms with Gasteiger partial charge >= 0.3 is 0 Å². The third-order valence-corrected chi connectivity index (χ3v) is 3.79. The molecule has 16 heavy (non-hydrogen) atoms. The van der Waals surface area contributed by atoms with Crippen molar-refractivity contribution in [3.63, 3.8) is 0 Å². The first-order valence-corrected chi connectivity index (χ1v) is 6.44. The Hall–Kier alpha value is -0.680. The van der Waals surface area contributed by atoms with Gasteiger partial charge in [0, 0.05) is 18.8 Å². The molecule has 2 heterocycles. The van der Waals surface area contributed by atoms with E-state index in [4.69, 9.17) is 5.73 Å². The van der Waals surface area contributed by atoms with Gasteiger partial charge in [0.25, 0.3) is 0 Å². The summed E-state index contributed by atoms with van der Waals surface area (Å²) in [7, 11) is 0. The summed E-state index contributed by atoms with van der Waals surface area (Å²) in [5.74, 6) is 1.57. The number of halogens is 1. The minimum atomic E-state index is 0.522. The summed E-state index contributed by atoms with van der Waals surface area (Å²) in [5.41, 5.74) is 5.76. The lowest BCUT2D eigenvalue weighted by Crippen LogP contribution is -2.44. The van der Waals surface area contributed by atoms with Gasteiger partial charge in [0.2, 0.25) is 0 Å². The Morgan fingerprint density at radius 1 is 1.56 bits per heavy atom. The summed E-state index contributed by atoms with van der Waals surface area (Å²) in [4.78, 5) is 10.7. The van der Waals surface area contributed by atoms with E-state index in [2.05, 4.69) is 37.7 Å². The lowest BCUT2D eigenvalue weighted by Gasteiger charge is -2.38. The molecule has 0 aliphatic carbocycles. The fourth-order valence-corrected chi connectivity index (χ4v) is 2.64. The summed E-state index contributed by atoms with van der Waals surface area (Å²) < 4.78 is 0.958. The highest BCUT2D eigenvalue weighted by atomic mass is 79.9. The Morgan fingerprint density at radius 2 is 2.38 bits per heavy atom. The molecule has 0 bridgehead atoms.